The lowest BCUT2D eigenvalue weighted by atomic mass is 9.96. The second-order valence-corrected chi connectivity index (χ2v) is 7.10. The number of nitrogens with zero attached hydrogens (tertiary/aromatic N) is 4. The smallest absolute Gasteiger partial charge is 0.191 e. The van der Waals surface area contributed by atoms with Crippen LogP contribution in [0.5, 0.6) is 0 Å². The van der Waals surface area contributed by atoms with E-state index in [-0.39, 0.29) is 24.0 Å². The van der Waals surface area contributed by atoms with Gasteiger partial charge < -0.3 is 15.7 Å². The molecule has 0 amide bonds. The number of benzene rings is 2. The molecule has 8 heteroatoms. The predicted molar refractivity (Wildman–Crippen MR) is 130 cm³/mol. The predicted octanol–water partition coefficient (Wildman–Crippen LogP) is 2.91. The molecule has 0 saturated carbocycles. The van der Waals surface area contributed by atoms with Crippen LogP contribution in [0.2, 0.25) is 0 Å². The Balaban J connectivity index is 0.00000320. The number of aliphatic imine (C=N–C) groups is 1. The summed E-state index contributed by atoms with van der Waals surface area (Å²) in [6.07, 6.45) is 3.24. The summed E-state index contributed by atoms with van der Waals surface area (Å²) in [5, 5.41) is 21.4. The number of hydrogen-bond donors (Lipinski definition) is 3. The Kier molecular flexibility index (Phi) is 9.25. The zero-order valence-corrected chi connectivity index (χ0v) is 19.7. The maximum atomic E-state index is 10.8. The van der Waals surface area contributed by atoms with Gasteiger partial charge in [-0.15, -0.1) is 24.0 Å². The van der Waals surface area contributed by atoms with Gasteiger partial charge in [-0.2, -0.15) is 5.10 Å². The highest BCUT2D eigenvalue weighted by atomic mass is 127. The fourth-order valence-corrected chi connectivity index (χ4v) is 2.99. The van der Waals surface area contributed by atoms with Crippen molar-refractivity contribution in [1.82, 2.24) is 25.4 Å². The molecule has 7 nitrogen and oxygen atoms in total. The molecule has 0 aliphatic rings. The highest BCUT2D eigenvalue weighted by molar-refractivity contribution is 14.0. The monoisotopic (exact) mass is 520 g/mol. The Morgan fingerprint density at radius 3 is 2.57 bits per heavy atom. The third-order valence-corrected chi connectivity index (χ3v) is 4.56. The number of nitrogens with one attached hydrogen (secondary N) is 2. The van der Waals surface area contributed by atoms with Crippen LogP contribution in [0.3, 0.4) is 0 Å². The minimum Gasteiger partial charge on any atom is -0.384 e. The normalized spacial score (nSPS) is 13.2. The van der Waals surface area contributed by atoms with E-state index in [0.717, 1.165) is 23.2 Å². The fourth-order valence-electron chi connectivity index (χ4n) is 2.99. The number of aliphatic hydroxyl groups is 1. The second-order valence-electron chi connectivity index (χ2n) is 7.10. The van der Waals surface area contributed by atoms with Gasteiger partial charge in [-0.05, 0) is 30.5 Å². The van der Waals surface area contributed by atoms with E-state index >= 15 is 0 Å². The van der Waals surface area contributed by atoms with Gasteiger partial charge in [-0.3, -0.25) is 0 Å². The number of hydrogen-bond acceptors (Lipinski definition) is 4. The molecule has 160 valence electrons. The largest absolute Gasteiger partial charge is 0.384 e. The van der Waals surface area contributed by atoms with Crippen molar-refractivity contribution in [3.63, 3.8) is 0 Å². The maximum absolute atomic E-state index is 10.8. The topological polar surface area (TPSA) is 87.4 Å². The summed E-state index contributed by atoms with van der Waals surface area (Å²) in [6.45, 7) is 6.13. The van der Waals surface area contributed by atoms with Crippen LogP contribution in [-0.4, -0.2) is 38.9 Å². The third kappa shape index (κ3) is 7.10. The molecule has 0 bridgehead atoms. The van der Waals surface area contributed by atoms with Gasteiger partial charge in [0.05, 0.1) is 19.6 Å². The van der Waals surface area contributed by atoms with Crippen molar-refractivity contribution in [3.05, 3.63) is 83.9 Å². The van der Waals surface area contributed by atoms with E-state index in [0.29, 0.717) is 25.6 Å². The second kappa shape index (κ2) is 11.7. The molecule has 1 unspecified atom stereocenters. The van der Waals surface area contributed by atoms with Crippen molar-refractivity contribution in [2.24, 2.45) is 4.99 Å². The lowest BCUT2D eigenvalue weighted by Gasteiger charge is -2.25. The Morgan fingerprint density at radius 2 is 1.87 bits per heavy atom. The van der Waals surface area contributed by atoms with Gasteiger partial charge in [0.25, 0.3) is 0 Å². The molecular formula is C22H29IN6O. The van der Waals surface area contributed by atoms with Crippen LogP contribution in [0.1, 0.15) is 30.5 Å². The average molecular weight is 520 g/mol. The summed E-state index contributed by atoms with van der Waals surface area (Å²) in [6, 6.07) is 17.9. The van der Waals surface area contributed by atoms with Gasteiger partial charge in [0.2, 0.25) is 0 Å². The molecule has 2 aromatic carbocycles. The van der Waals surface area contributed by atoms with Gasteiger partial charge in [0, 0.05) is 6.54 Å². The molecule has 30 heavy (non-hydrogen) atoms. The summed E-state index contributed by atoms with van der Waals surface area (Å²) < 4.78 is 1.79. The number of rotatable bonds is 8. The Labute approximate surface area is 194 Å². The van der Waals surface area contributed by atoms with Crippen LogP contribution in [0.15, 0.2) is 72.2 Å². The molecule has 1 atom stereocenters. The molecule has 1 aromatic heterocycles. The van der Waals surface area contributed by atoms with E-state index in [1.807, 2.05) is 43.3 Å². The molecule has 3 rings (SSSR count). The van der Waals surface area contributed by atoms with Crippen molar-refractivity contribution < 1.29 is 5.11 Å². The molecule has 3 N–H and O–H groups in total. The van der Waals surface area contributed by atoms with Crippen LogP contribution >= 0.6 is 24.0 Å². The minimum absolute atomic E-state index is 0. The molecule has 0 fully saturated rings. The van der Waals surface area contributed by atoms with E-state index in [4.69, 9.17) is 0 Å². The lowest BCUT2D eigenvalue weighted by molar-refractivity contribution is 0.0617. The Hall–Kier alpha value is -2.46. The number of halogens is 1. The SMILES string of the molecule is CCNC(=NCc1cccc(Cn2cncn2)c1)NCC(C)(O)c1ccccc1.I. The van der Waals surface area contributed by atoms with Gasteiger partial charge >= 0.3 is 0 Å². The first-order valence-corrected chi connectivity index (χ1v) is 9.77. The molecule has 3 aromatic rings. The van der Waals surface area contributed by atoms with E-state index in [1.165, 1.54) is 6.33 Å². The number of aromatic nitrogens is 3. The highest BCUT2D eigenvalue weighted by Gasteiger charge is 2.22. The summed E-state index contributed by atoms with van der Waals surface area (Å²) in [4.78, 5) is 8.64. The first kappa shape index (κ1) is 23.8. The summed E-state index contributed by atoms with van der Waals surface area (Å²) >= 11 is 0. The first-order valence-electron chi connectivity index (χ1n) is 9.77. The lowest BCUT2D eigenvalue weighted by Crippen LogP contribution is -2.44. The average Bonchev–Trinajstić information content (AvgIpc) is 3.24. The summed E-state index contributed by atoms with van der Waals surface area (Å²) in [5.74, 6) is 0.672. The highest BCUT2D eigenvalue weighted by Crippen LogP contribution is 2.18. The first-order chi connectivity index (χ1) is 14.1. The third-order valence-electron chi connectivity index (χ3n) is 4.56. The van der Waals surface area contributed by atoms with Crippen LogP contribution in [0.25, 0.3) is 0 Å². The van der Waals surface area contributed by atoms with Crippen LogP contribution in [0, 0.1) is 0 Å². The number of guanidine groups is 1. The van der Waals surface area contributed by atoms with Gasteiger partial charge in [-0.1, -0.05) is 54.6 Å². The minimum atomic E-state index is -0.991. The zero-order valence-electron chi connectivity index (χ0n) is 17.3. The Morgan fingerprint density at radius 1 is 1.10 bits per heavy atom. The van der Waals surface area contributed by atoms with E-state index in [2.05, 4.69) is 43.9 Å². The van der Waals surface area contributed by atoms with E-state index in [9.17, 15) is 5.11 Å². The molecule has 0 aliphatic carbocycles. The molecular weight excluding hydrogens is 491 g/mol. The molecule has 0 saturated heterocycles. The molecule has 0 aliphatic heterocycles. The van der Waals surface area contributed by atoms with Gasteiger partial charge in [0.1, 0.15) is 18.3 Å². The van der Waals surface area contributed by atoms with Crippen molar-refractivity contribution in [2.45, 2.75) is 32.5 Å². The quantitative estimate of drug-likeness (QED) is 0.242. The molecule has 0 radical (unpaired) electrons. The van der Waals surface area contributed by atoms with E-state index in [1.54, 1.807) is 17.9 Å². The molecule has 0 spiro atoms. The fraction of sp³-hybridized carbons (Fsp3) is 0.318. The standard InChI is InChI=1S/C22H28N6O.HI/c1-3-24-21(26-15-22(2,29)20-10-5-4-6-11-20)25-13-18-8-7-9-19(12-18)14-28-17-23-16-27-28;/h4-12,16-17,29H,3,13-15H2,1-2H3,(H2,24,25,26);1H. The van der Waals surface area contributed by atoms with Gasteiger partial charge in [0.15, 0.2) is 5.96 Å². The van der Waals surface area contributed by atoms with Crippen molar-refractivity contribution in [1.29, 1.82) is 0 Å². The van der Waals surface area contributed by atoms with Crippen LogP contribution in [0.4, 0.5) is 0 Å². The Bertz CT molecular complexity index is 912. The van der Waals surface area contributed by atoms with Crippen molar-refractivity contribution >= 4 is 29.9 Å². The maximum Gasteiger partial charge on any atom is 0.191 e. The van der Waals surface area contributed by atoms with E-state index < -0.39 is 5.60 Å². The summed E-state index contributed by atoms with van der Waals surface area (Å²) in [7, 11) is 0. The van der Waals surface area contributed by atoms with Crippen LogP contribution < -0.4 is 10.6 Å². The van der Waals surface area contributed by atoms with Crippen molar-refractivity contribution in [2.75, 3.05) is 13.1 Å². The van der Waals surface area contributed by atoms with Crippen LogP contribution in [-0.2, 0) is 18.7 Å². The molecule has 1 heterocycles. The van der Waals surface area contributed by atoms with Gasteiger partial charge in [-0.25, -0.2) is 14.7 Å². The zero-order chi connectivity index (χ0) is 20.5. The summed E-state index contributed by atoms with van der Waals surface area (Å²) in [5.41, 5.74) is 2.13. The van der Waals surface area contributed by atoms with Crippen molar-refractivity contribution in [3.8, 4) is 0 Å².